The maximum atomic E-state index is 12.4. The number of halogens is 3. The summed E-state index contributed by atoms with van der Waals surface area (Å²) >= 11 is 0. The molecule has 0 aromatic carbocycles. The Hall–Kier alpha value is -0.620. The van der Waals surface area contributed by atoms with Crippen LogP contribution in [0, 0.1) is 40.4 Å². The van der Waals surface area contributed by atoms with Crippen LogP contribution in [0.15, 0.2) is 0 Å². The lowest BCUT2D eigenvalue weighted by atomic mass is 9.44. The minimum atomic E-state index is -4.36. The van der Waals surface area contributed by atoms with Crippen molar-refractivity contribution in [1.29, 1.82) is 0 Å². The van der Waals surface area contributed by atoms with Crippen LogP contribution in [-0.4, -0.2) is 35.9 Å². The average Bonchev–Trinajstić information content (AvgIpc) is 2.99. The number of fused-ring (bicyclic) bond motifs is 5. The normalized spacial score (nSPS) is 48.6. The molecule has 1 N–H and O–H groups in total. The third kappa shape index (κ3) is 3.74. The fourth-order valence-electron chi connectivity index (χ4n) is 8.48. The van der Waals surface area contributed by atoms with E-state index in [1.165, 1.54) is 0 Å². The van der Waals surface area contributed by atoms with E-state index in [1.54, 1.807) is 6.92 Å². The van der Waals surface area contributed by atoms with Gasteiger partial charge in [-0.25, -0.2) is 0 Å². The third-order valence-electron chi connectivity index (χ3n) is 9.95. The van der Waals surface area contributed by atoms with E-state index in [0.29, 0.717) is 42.3 Å². The van der Waals surface area contributed by atoms with Crippen LogP contribution in [0.3, 0.4) is 0 Å². The highest BCUT2D eigenvalue weighted by Gasteiger charge is 2.61. The molecule has 0 unspecified atom stereocenters. The molecule has 0 aromatic heterocycles. The smallest absolute Gasteiger partial charge is 0.387 e. The lowest BCUT2D eigenvalue weighted by Gasteiger charge is -2.62. The number of rotatable bonds is 4. The summed E-state index contributed by atoms with van der Waals surface area (Å²) in [5.74, 6) is 2.74. The van der Waals surface area contributed by atoms with Crippen molar-refractivity contribution in [3.63, 3.8) is 0 Å². The first kappa shape index (κ1) is 22.6. The van der Waals surface area contributed by atoms with Gasteiger partial charge in [0.25, 0.3) is 0 Å². The fraction of sp³-hybridized carbons (Fsp3) is 0.958. The van der Waals surface area contributed by atoms with Crippen molar-refractivity contribution in [3.8, 4) is 0 Å². The summed E-state index contributed by atoms with van der Waals surface area (Å²) < 4.78 is 42.2. The van der Waals surface area contributed by atoms with Crippen LogP contribution in [0.1, 0.15) is 78.6 Å². The van der Waals surface area contributed by atoms with Crippen LogP contribution >= 0.6 is 0 Å². The molecule has 0 spiro atoms. The number of ketones is 1. The number of hydrogen-bond donors (Lipinski definition) is 1. The Morgan fingerprint density at radius 1 is 1.00 bits per heavy atom. The Morgan fingerprint density at radius 2 is 1.70 bits per heavy atom. The predicted octanol–water partition coefficient (Wildman–Crippen LogP) is 5.54. The molecule has 0 saturated heterocycles. The van der Waals surface area contributed by atoms with E-state index in [-0.39, 0.29) is 23.4 Å². The summed E-state index contributed by atoms with van der Waals surface area (Å²) in [6.07, 6.45) is 4.11. The Balaban J connectivity index is 1.46. The van der Waals surface area contributed by atoms with Crippen molar-refractivity contribution in [2.24, 2.45) is 40.4 Å². The van der Waals surface area contributed by atoms with E-state index in [1.807, 2.05) is 0 Å². The van der Waals surface area contributed by atoms with Gasteiger partial charge in [-0.2, -0.15) is 13.2 Å². The molecule has 4 saturated carbocycles. The number of aliphatic hydroxyl groups is 1. The van der Waals surface area contributed by atoms with Gasteiger partial charge in [0.2, 0.25) is 0 Å². The molecule has 4 fully saturated rings. The van der Waals surface area contributed by atoms with Crippen LogP contribution in [-0.2, 0) is 9.53 Å². The van der Waals surface area contributed by atoms with Gasteiger partial charge in [0, 0.05) is 5.92 Å². The van der Waals surface area contributed by atoms with E-state index >= 15 is 0 Å². The summed E-state index contributed by atoms with van der Waals surface area (Å²) in [7, 11) is 0. The van der Waals surface area contributed by atoms with Crippen molar-refractivity contribution < 1.29 is 27.8 Å². The zero-order valence-electron chi connectivity index (χ0n) is 18.6. The van der Waals surface area contributed by atoms with Gasteiger partial charge in [0.05, 0.1) is 12.2 Å². The summed E-state index contributed by atoms with van der Waals surface area (Å²) in [4.78, 5) is 12.3. The second kappa shape index (κ2) is 7.47. The first-order chi connectivity index (χ1) is 13.9. The summed E-state index contributed by atoms with van der Waals surface area (Å²) in [6.45, 7) is 4.95. The zero-order chi connectivity index (χ0) is 21.9. The van der Waals surface area contributed by atoms with E-state index in [9.17, 15) is 23.1 Å². The average molecular weight is 431 g/mol. The molecule has 172 valence electrons. The van der Waals surface area contributed by atoms with Crippen LogP contribution in [0.5, 0.6) is 0 Å². The number of Topliss-reactive ketones (excluding diaryl/α,β-unsaturated/α-hetero) is 1. The second-order valence-corrected chi connectivity index (χ2v) is 11.5. The van der Waals surface area contributed by atoms with E-state index in [0.717, 1.165) is 44.9 Å². The number of ether oxygens (including phenoxy) is 1. The van der Waals surface area contributed by atoms with Crippen LogP contribution < -0.4 is 0 Å². The van der Waals surface area contributed by atoms with Crippen molar-refractivity contribution in [3.05, 3.63) is 0 Å². The van der Waals surface area contributed by atoms with E-state index < -0.39 is 18.4 Å². The molecule has 0 radical (unpaired) electrons. The number of carbonyl (C=O) groups excluding carboxylic acids is 1. The Labute approximate surface area is 178 Å². The number of hydrogen-bond acceptors (Lipinski definition) is 3. The molecule has 0 aromatic rings. The van der Waals surface area contributed by atoms with Crippen LogP contribution in [0.25, 0.3) is 0 Å². The molecule has 0 amide bonds. The lowest BCUT2D eigenvalue weighted by Crippen LogP contribution is -2.57. The monoisotopic (exact) mass is 430 g/mol. The molecular weight excluding hydrogens is 393 g/mol. The molecule has 4 aliphatic rings. The first-order valence-corrected chi connectivity index (χ1v) is 11.8. The highest BCUT2D eigenvalue weighted by atomic mass is 19.4. The molecule has 4 aliphatic carbocycles. The quantitative estimate of drug-likeness (QED) is 0.637. The van der Waals surface area contributed by atoms with Gasteiger partial charge in [-0.1, -0.05) is 13.8 Å². The predicted molar refractivity (Wildman–Crippen MR) is 108 cm³/mol. The molecule has 0 heterocycles. The van der Waals surface area contributed by atoms with Crippen molar-refractivity contribution in [2.45, 2.75) is 90.3 Å². The van der Waals surface area contributed by atoms with Gasteiger partial charge < -0.3 is 9.84 Å². The second-order valence-electron chi connectivity index (χ2n) is 11.5. The first-order valence-electron chi connectivity index (χ1n) is 11.8. The van der Waals surface area contributed by atoms with Gasteiger partial charge in [0.15, 0.2) is 0 Å². The summed E-state index contributed by atoms with van der Waals surface area (Å²) in [5.41, 5.74) is -0.871. The highest BCUT2D eigenvalue weighted by Crippen LogP contribution is 2.68. The largest absolute Gasteiger partial charge is 0.411 e. The van der Waals surface area contributed by atoms with Crippen LogP contribution in [0.4, 0.5) is 13.2 Å². The molecule has 8 atom stereocenters. The molecule has 3 nitrogen and oxygen atoms in total. The molecule has 0 aliphatic heterocycles. The fourth-order valence-corrected chi connectivity index (χ4v) is 8.48. The maximum absolute atomic E-state index is 12.4. The van der Waals surface area contributed by atoms with E-state index in [2.05, 4.69) is 13.8 Å². The SMILES string of the molecule is CC(=O)[C@H]1CC[C@H]2[C@@H]3CC[C@H]4C[C@@](O)(COCC(F)(F)F)CC[C@]4(C)[C@H]3CC[C@]12C. The summed E-state index contributed by atoms with van der Waals surface area (Å²) in [5, 5.41) is 11.0. The Bertz CT molecular complexity index is 679. The van der Waals surface area contributed by atoms with Gasteiger partial charge in [0.1, 0.15) is 12.4 Å². The topological polar surface area (TPSA) is 46.5 Å². The minimum absolute atomic E-state index is 0.134. The number of alkyl halides is 3. The molecule has 30 heavy (non-hydrogen) atoms. The van der Waals surface area contributed by atoms with Gasteiger partial charge in [-0.05, 0) is 99.2 Å². The van der Waals surface area contributed by atoms with Gasteiger partial charge >= 0.3 is 6.18 Å². The number of carbonyl (C=O) groups is 1. The minimum Gasteiger partial charge on any atom is -0.387 e. The van der Waals surface area contributed by atoms with Gasteiger partial charge in [-0.15, -0.1) is 0 Å². The standard InChI is InChI=1S/C24H37F3O3/c1-15(28)18-6-7-19-17-5-4-16-12-23(29,13-30-14-24(25,26)27)11-10-21(16,2)20(17)8-9-22(18,19)3/h16-20,29H,4-14H2,1-3H3/t16-,17-,18+,19-,20-,21-,22+,23+/m0/s1. The zero-order valence-corrected chi connectivity index (χ0v) is 18.6. The lowest BCUT2D eigenvalue weighted by molar-refractivity contribution is -0.202. The van der Waals surface area contributed by atoms with Crippen molar-refractivity contribution >= 4 is 5.78 Å². The van der Waals surface area contributed by atoms with Gasteiger partial charge in [-0.3, -0.25) is 4.79 Å². The molecular formula is C24H37F3O3. The molecule has 0 bridgehead atoms. The van der Waals surface area contributed by atoms with E-state index in [4.69, 9.17) is 4.74 Å². The Kier molecular flexibility index (Phi) is 5.62. The Morgan fingerprint density at radius 3 is 2.37 bits per heavy atom. The van der Waals surface area contributed by atoms with Crippen LogP contribution in [0.2, 0.25) is 0 Å². The third-order valence-corrected chi connectivity index (χ3v) is 9.95. The maximum Gasteiger partial charge on any atom is 0.411 e. The summed E-state index contributed by atoms with van der Waals surface area (Å²) in [6, 6.07) is 0. The molecule has 4 rings (SSSR count). The highest BCUT2D eigenvalue weighted by molar-refractivity contribution is 5.79. The molecule has 6 heteroatoms. The van der Waals surface area contributed by atoms with Crippen molar-refractivity contribution in [2.75, 3.05) is 13.2 Å². The van der Waals surface area contributed by atoms with Crippen molar-refractivity contribution in [1.82, 2.24) is 0 Å².